The molecule has 8 heteroatoms. The number of hydrogen-bond acceptors (Lipinski definition) is 8. The highest BCUT2D eigenvalue weighted by molar-refractivity contribution is 5.70. The topological polar surface area (TPSA) is 94.5 Å². The molecule has 8 nitrogen and oxygen atoms in total. The molecule has 0 aliphatic carbocycles. The number of aliphatic hydroxyl groups is 1. The maximum Gasteiger partial charge on any atom is 0.307 e. The zero-order valence-electron chi connectivity index (χ0n) is 32.2. The van der Waals surface area contributed by atoms with Crippen LogP contribution in [0, 0.1) is 0 Å². The van der Waals surface area contributed by atoms with Gasteiger partial charge in [-0.15, -0.1) is 0 Å². The zero-order chi connectivity index (χ0) is 35.9. The largest absolute Gasteiger partial charge is 0.462 e. The van der Waals surface area contributed by atoms with Gasteiger partial charge < -0.3 is 29.0 Å². The Labute approximate surface area is 301 Å². The van der Waals surface area contributed by atoms with Crippen molar-refractivity contribution in [2.75, 3.05) is 52.7 Å². The first kappa shape index (κ1) is 47.3. The van der Waals surface area contributed by atoms with E-state index in [0.29, 0.717) is 32.6 Å². The second kappa shape index (κ2) is 39.1. The lowest BCUT2D eigenvalue weighted by Gasteiger charge is -2.22. The molecule has 0 bridgehead atoms. The molecular weight excluding hydrogens is 618 g/mol. The highest BCUT2D eigenvalue weighted by Crippen LogP contribution is 2.12. The second-order valence-electron chi connectivity index (χ2n) is 13.2. The van der Waals surface area contributed by atoms with Crippen molar-refractivity contribution in [1.29, 1.82) is 0 Å². The molecule has 49 heavy (non-hydrogen) atoms. The summed E-state index contributed by atoms with van der Waals surface area (Å²) in [6.07, 6.45) is 32.4. The third kappa shape index (κ3) is 35.9. The van der Waals surface area contributed by atoms with Crippen molar-refractivity contribution in [1.82, 2.24) is 4.90 Å². The minimum Gasteiger partial charge on any atom is -0.462 e. The summed E-state index contributed by atoms with van der Waals surface area (Å²) < 4.78 is 22.5. The van der Waals surface area contributed by atoms with Crippen LogP contribution in [-0.2, 0) is 28.5 Å². The minimum absolute atomic E-state index is 0.0535. The molecule has 0 saturated heterocycles. The smallest absolute Gasteiger partial charge is 0.307 e. The predicted molar refractivity (Wildman–Crippen MR) is 203 cm³/mol. The van der Waals surface area contributed by atoms with Crippen LogP contribution in [-0.4, -0.2) is 80.9 Å². The maximum absolute atomic E-state index is 12.4. The van der Waals surface area contributed by atoms with Gasteiger partial charge in [0, 0.05) is 32.8 Å². The first-order valence-corrected chi connectivity index (χ1v) is 20.2. The second-order valence-corrected chi connectivity index (χ2v) is 13.2. The van der Waals surface area contributed by atoms with E-state index < -0.39 is 6.29 Å². The summed E-state index contributed by atoms with van der Waals surface area (Å²) in [5, 5.41) is 9.20. The number of esters is 2. The van der Waals surface area contributed by atoms with Gasteiger partial charge in [-0.2, -0.15) is 0 Å². The van der Waals surface area contributed by atoms with E-state index in [1.54, 1.807) is 0 Å². The van der Waals surface area contributed by atoms with Crippen molar-refractivity contribution in [3.05, 3.63) is 24.3 Å². The third-order valence-electron chi connectivity index (χ3n) is 8.47. The Kier molecular flexibility index (Phi) is 37.7. The Balaban J connectivity index is 4.17. The molecule has 0 aromatic heterocycles. The number of carbonyl (C=O) groups excluding carboxylic acids is 2. The molecule has 0 aromatic rings. The Bertz CT molecular complexity index is 759. The fraction of sp³-hybridized carbons (Fsp3) is 0.854. The number of aliphatic hydroxyl groups excluding tert-OH is 1. The monoisotopic (exact) mass is 696 g/mol. The van der Waals surface area contributed by atoms with Crippen molar-refractivity contribution in [3.63, 3.8) is 0 Å². The summed E-state index contributed by atoms with van der Waals surface area (Å²) >= 11 is 0. The Morgan fingerprint density at radius 3 is 1.67 bits per heavy atom. The van der Waals surface area contributed by atoms with Gasteiger partial charge in [-0.25, -0.2) is 0 Å². The van der Waals surface area contributed by atoms with E-state index in [9.17, 15) is 14.7 Å². The molecule has 0 aromatic carbocycles. The van der Waals surface area contributed by atoms with Crippen molar-refractivity contribution in [3.8, 4) is 0 Å². The Morgan fingerprint density at radius 1 is 0.551 bits per heavy atom. The number of nitrogens with zero attached hydrogens (tertiary/aromatic N) is 1. The highest BCUT2D eigenvalue weighted by atomic mass is 16.7. The molecule has 0 unspecified atom stereocenters. The molecule has 0 aliphatic heterocycles. The van der Waals surface area contributed by atoms with Crippen molar-refractivity contribution < 1.29 is 33.6 Å². The van der Waals surface area contributed by atoms with Crippen molar-refractivity contribution in [2.45, 2.75) is 175 Å². The normalized spacial score (nSPS) is 11.9. The Morgan fingerprint density at radius 2 is 1.08 bits per heavy atom. The lowest BCUT2D eigenvalue weighted by Crippen LogP contribution is -2.29. The molecule has 0 fully saturated rings. The summed E-state index contributed by atoms with van der Waals surface area (Å²) in [7, 11) is 0. The van der Waals surface area contributed by atoms with E-state index in [-0.39, 0.29) is 38.2 Å². The van der Waals surface area contributed by atoms with Gasteiger partial charge in [0.2, 0.25) is 0 Å². The molecule has 288 valence electrons. The lowest BCUT2D eigenvalue weighted by molar-refractivity contribution is -0.161. The van der Waals surface area contributed by atoms with Gasteiger partial charge in [-0.3, -0.25) is 9.59 Å². The minimum atomic E-state index is -0.394. The number of allylic oxidation sites excluding steroid dienone is 4. The quantitative estimate of drug-likeness (QED) is 0.0295. The molecular formula is C41H77NO7. The van der Waals surface area contributed by atoms with Gasteiger partial charge in [0.05, 0.1) is 12.8 Å². The van der Waals surface area contributed by atoms with Crippen LogP contribution in [0.25, 0.3) is 0 Å². The first-order chi connectivity index (χ1) is 24.1. The van der Waals surface area contributed by atoms with Crippen LogP contribution >= 0.6 is 0 Å². The molecule has 0 saturated carbocycles. The van der Waals surface area contributed by atoms with Crippen LogP contribution in [0.3, 0.4) is 0 Å². The van der Waals surface area contributed by atoms with E-state index in [0.717, 1.165) is 64.5 Å². The number of carbonyl (C=O) groups is 2. The van der Waals surface area contributed by atoms with Crippen LogP contribution in [0.5, 0.6) is 0 Å². The molecule has 0 rings (SSSR count). The first-order valence-electron chi connectivity index (χ1n) is 20.2. The number of unbranched alkanes of at least 4 members (excludes halogenated alkanes) is 14. The van der Waals surface area contributed by atoms with Crippen LogP contribution < -0.4 is 0 Å². The van der Waals surface area contributed by atoms with Crippen molar-refractivity contribution >= 4 is 11.9 Å². The zero-order valence-corrected chi connectivity index (χ0v) is 32.2. The predicted octanol–water partition coefficient (Wildman–Crippen LogP) is 9.87. The average Bonchev–Trinajstić information content (AvgIpc) is 3.10. The molecule has 1 N–H and O–H groups in total. The average molecular weight is 696 g/mol. The van der Waals surface area contributed by atoms with Crippen LogP contribution in [0.1, 0.15) is 168 Å². The Hall–Kier alpha value is -1.74. The van der Waals surface area contributed by atoms with Gasteiger partial charge in [0.1, 0.15) is 13.2 Å². The SMILES string of the molecule is CCC/C=C\C/C=C\CCCCCCCCN(CCCCO)CCC(=O)OCCOC(=O)CCC(OCCCCCC)OCCCCCC. The van der Waals surface area contributed by atoms with Crippen LogP contribution in [0.4, 0.5) is 0 Å². The third-order valence-corrected chi connectivity index (χ3v) is 8.47. The summed E-state index contributed by atoms with van der Waals surface area (Å²) in [5.74, 6) is -0.606. The van der Waals surface area contributed by atoms with Crippen LogP contribution in [0.15, 0.2) is 24.3 Å². The van der Waals surface area contributed by atoms with Gasteiger partial charge in [-0.05, 0) is 70.9 Å². The van der Waals surface area contributed by atoms with E-state index in [1.807, 2.05) is 0 Å². The highest BCUT2D eigenvalue weighted by Gasteiger charge is 2.14. The standard InChI is InChI=1S/C41H77NO7/c1-4-7-10-13-14-15-16-17-18-19-20-21-22-23-31-42(32-24-25-34-43)33-30-40(45)47-38-37-46-39(44)28-29-41(48-35-26-11-8-5-2)49-36-27-12-9-6-3/h10,13,15-16,41,43H,4-9,11-12,14,17-38H2,1-3H3/b13-10-,16-15-. The summed E-state index contributed by atoms with van der Waals surface area (Å²) in [6.45, 7) is 10.6. The van der Waals surface area contributed by atoms with Gasteiger partial charge >= 0.3 is 11.9 Å². The summed E-state index contributed by atoms with van der Waals surface area (Å²) in [4.78, 5) is 27.0. The fourth-order valence-electron chi connectivity index (χ4n) is 5.40. The maximum atomic E-state index is 12.4. The van der Waals surface area contributed by atoms with E-state index >= 15 is 0 Å². The molecule has 0 radical (unpaired) electrons. The lowest BCUT2D eigenvalue weighted by atomic mass is 10.1. The summed E-state index contributed by atoms with van der Waals surface area (Å²) in [5.41, 5.74) is 0. The number of rotatable bonds is 38. The van der Waals surface area contributed by atoms with Gasteiger partial charge in [0.25, 0.3) is 0 Å². The van der Waals surface area contributed by atoms with Crippen LogP contribution in [0.2, 0.25) is 0 Å². The molecule has 0 atom stereocenters. The molecule has 0 spiro atoms. The van der Waals surface area contributed by atoms with E-state index in [1.165, 1.54) is 77.0 Å². The number of hydrogen-bond donors (Lipinski definition) is 1. The molecule has 0 amide bonds. The summed E-state index contributed by atoms with van der Waals surface area (Å²) in [6, 6.07) is 0. The van der Waals surface area contributed by atoms with Gasteiger partial charge in [-0.1, -0.05) is 116 Å². The fourth-order valence-corrected chi connectivity index (χ4v) is 5.40. The number of ether oxygens (including phenoxy) is 4. The van der Waals surface area contributed by atoms with Crippen molar-refractivity contribution in [2.24, 2.45) is 0 Å². The molecule has 0 aliphatic rings. The van der Waals surface area contributed by atoms with E-state index in [2.05, 4.69) is 50.0 Å². The molecule has 0 heterocycles. The van der Waals surface area contributed by atoms with Gasteiger partial charge in [0.15, 0.2) is 6.29 Å². The van der Waals surface area contributed by atoms with E-state index in [4.69, 9.17) is 18.9 Å².